The van der Waals surface area contributed by atoms with Crippen LogP contribution in [-0.4, -0.2) is 76.5 Å². The van der Waals surface area contributed by atoms with Gasteiger partial charge < -0.3 is 24.5 Å². The highest BCUT2D eigenvalue weighted by molar-refractivity contribution is 6.63. The van der Waals surface area contributed by atoms with Gasteiger partial charge in [-0.15, -0.1) is 0 Å². The van der Waals surface area contributed by atoms with Gasteiger partial charge in [-0.1, -0.05) is 12.1 Å². The number of amides is 2. The van der Waals surface area contributed by atoms with E-state index in [1.54, 1.807) is 6.07 Å². The number of benzene rings is 1. The van der Waals surface area contributed by atoms with Crippen LogP contribution in [0.1, 0.15) is 62.1 Å². The lowest BCUT2D eigenvalue weighted by atomic mass is 9.74. The van der Waals surface area contributed by atoms with Crippen LogP contribution in [0.3, 0.4) is 0 Å². The molecule has 1 atom stereocenters. The minimum Gasteiger partial charge on any atom is -0.465 e. The van der Waals surface area contributed by atoms with Crippen molar-refractivity contribution in [3.8, 4) is 0 Å². The number of hydrogen-bond acceptors (Lipinski definition) is 8. The van der Waals surface area contributed by atoms with Gasteiger partial charge in [0, 0.05) is 25.3 Å². The lowest BCUT2D eigenvalue weighted by Crippen LogP contribution is -2.41. The fraction of sp³-hybridized carbons (Fsp3) is 0.500. The summed E-state index contributed by atoms with van der Waals surface area (Å²) in [6, 6.07) is 7.68. The molecule has 0 saturated carbocycles. The van der Waals surface area contributed by atoms with E-state index >= 15 is 0 Å². The molecule has 3 aliphatic heterocycles. The molecule has 196 valence electrons. The third kappa shape index (κ3) is 4.61. The summed E-state index contributed by atoms with van der Waals surface area (Å²) in [5, 5.41) is 12.9. The van der Waals surface area contributed by atoms with Gasteiger partial charge in [-0.2, -0.15) is 0 Å². The summed E-state index contributed by atoms with van der Waals surface area (Å²) in [6.45, 7) is 13.1. The van der Waals surface area contributed by atoms with E-state index in [0.717, 1.165) is 36.8 Å². The number of hydrogen-bond donors (Lipinski definition) is 2. The quantitative estimate of drug-likeness (QED) is 0.588. The molecule has 5 rings (SSSR count). The number of nitrogens with zero attached hydrogens (tertiary/aromatic N) is 3. The Hall–Kier alpha value is -2.99. The molecule has 1 unspecified atom stereocenters. The molecule has 11 heteroatoms. The van der Waals surface area contributed by atoms with E-state index in [4.69, 9.17) is 14.0 Å². The van der Waals surface area contributed by atoms with E-state index in [9.17, 15) is 14.7 Å². The normalized spacial score (nSPS) is 21.7. The molecular weight excluding hydrogens is 475 g/mol. The Labute approximate surface area is 217 Å². The first-order valence-electron chi connectivity index (χ1n) is 12.6. The number of carboxylic acid groups (broad SMARTS) is 1. The zero-order valence-electron chi connectivity index (χ0n) is 21.9. The van der Waals surface area contributed by atoms with E-state index in [1.807, 2.05) is 52.1 Å². The third-order valence-electron chi connectivity index (χ3n) is 7.99. The fourth-order valence-electron chi connectivity index (χ4n) is 4.93. The Morgan fingerprint density at radius 1 is 1.11 bits per heavy atom. The van der Waals surface area contributed by atoms with Gasteiger partial charge in [-0.25, -0.2) is 14.7 Å². The summed E-state index contributed by atoms with van der Waals surface area (Å²) in [6.07, 6.45) is 0.527. The molecule has 10 nitrogen and oxygen atoms in total. The summed E-state index contributed by atoms with van der Waals surface area (Å²) < 4.78 is 17.9. The smallest absolute Gasteiger partial charge is 0.465 e. The van der Waals surface area contributed by atoms with Crippen LogP contribution < -0.4 is 10.8 Å². The molecule has 0 radical (unpaired) electrons. The predicted octanol–water partition coefficient (Wildman–Crippen LogP) is 3.15. The zero-order valence-corrected chi connectivity index (χ0v) is 21.9. The van der Waals surface area contributed by atoms with Crippen molar-refractivity contribution in [2.45, 2.75) is 58.4 Å². The van der Waals surface area contributed by atoms with Gasteiger partial charge >= 0.3 is 13.2 Å². The van der Waals surface area contributed by atoms with Crippen LogP contribution in [0.15, 0.2) is 30.5 Å². The molecule has 1 aromatic heterocycles. The molecule has 2 aromatic rings. The molecule has 2 saturated heterocycles. The van der Waals surface area contributed by atoms with Crippen molar-refractivity contribution in [1.82, 2.24) is 14.8 Å². The largest absolute Gasteiger partial charge is 0.495 e. The number of carbonyl (C=O) groups excluding carboxylic acids is 1. The minimum atomic E-state index is -1.30. The van der Waals surface area contributed by atoms with E-state index < -0.39 is 30.3 Å². The molecule has 0 bridgehead atoms. The van der Waals surface area contributed by atoms with Crippen LogP contribution in [0.25, 0.3) is 0 Å². The van der Waals surface area contributed by atoms with Crippen LogP contribution in [0.4, 0.5) is 16.3 Å². The van der Waals surface area contributed by atoms with Gasteiger partial charge in [0.15, 0.2) is 0 Å². The van der Waals surface area contributed by atoms with Gasteiger partial charge in [0.05, 0.1) is 42.2 Å². The zero-order chi connectivity index (χ0) is 26.5. The van der Waals surface area contributed by atoms with Crippen LogP contribution in [0.2, 0.25) is 0 Å². The maximum Gasteiger partial charge on any atom is 0.495 e. The lowest BCUT2D eigenvalue weighted by molar-refractivity contribution is 0.00578. The summed E-state index contributed by atoms with van der Waals surface area (Å²) in [7, 11) is -0.714. The lowest BCUT2D eigenvalue weighted by Gasteiger charge is -2.32. The SMILES string of the molecule is CC(c1ccc(Nc2ccc(B3OC(C)(C)C(C)(C)O3)c3c2C(=O)N(C(=O)O)C3)nc1)N1CCOCC1. The molecule has 4 heterocycles. The summed E-state index contributed by atoms with van der Waals surface area (Å²) in [5.74, 6) is -0.0222. The van der Waals surface area contributed by atoms with E-state index in [-0.39, 0.29) is 12.6 Å². The van der Waals surface area contributed by atoms with E-state index in [2.05, 4.69) is 22.1 Å². The summed E-state index contributed by atoms with van der Waals surface area (Å²) >= 11 is 0. The van der Waals surface area contributed by atoms with Crippen molar-refractivity contribution in [2.24, 2.45) is 0 Å². The van der Waals surface area contributed by atoms with Crippen molar-refractivity contribution < 1.29 is 28.7 Å². The molecule has 1 aromatic carbocycles. The molecular formula is C26H33BN4O6. The van der Waals surface area contributed by atoms with Crippen molar-refractivity contribution >= 4 is 36.1 Å². The third-order valence-corrected chi connectivity index (χ3v) is 7.99. The first kappa shape index (κ1) is 25.7. The van der Waals surface area contributed by atoms with Gasteiger partial charge in [-0.3, -0.25) is 9.69 Å². The number of morpholine rings is 1. The number of aromatic nitrogens is 1. The van der Waals surface area contributed by atoms with Gasteiger partial charge in [-0.05, 0) is 63.3 Å². The minimum absolute atomic E-state index is 0.0676. The van der Waals surface area contributed by atoms with Crippen LogP contribution in [-0.2, 0) is 20.6 Å². The number of carbonyl (C=O) groups is 2. The number of pyridine rings is 1. The topological polar surface area (TPSA) is 113 Å². The molecule has 3 aliphatic rings. The van der Waals surface area contributed by atoms with E-state index in [0.29, 0.717) is 28.1 Å². The van der Waals surface area contributed by atoms with Gasteiger partial charge in [0.2, 0.25) is 0 Å². The van der Waals surface area contributed by atoms with Crippen molar-refractivity contribution in [1.29, 1.82) is 0 Å². The standard InChI is InChI=1S/C26H33BN4O6/c1-16(30-10-12-35-13-11-30)17-6-9-21(28-14-17)29-20-8-7-19(27-36-25(2,3)26(4,5)37-27)18-15-31(24(33)34)23(32)22(18)20/h6-9,14,16H,10-13,15H2,1-5H3,(H,28,29)(H,33,34). The highest BCUT2D eigenvalue weighted by atomic mass is 16.7. The number of ether oxygens (including phenoxy) is 1. The number of anilines is 2. The summed E-state index contributed by atoms with van der Waals surface area (Å²) in [5.41, 5.74) is 1.96. The molecule has 2 fully saturated rings. The highest BCUT2D eigenvalue weighted by Gasteiger charge is 2.53. The molecule has 0 spiro atoms. The molecule has 37 heavy (non-hydrogen) atoms. The average molecular weight is 508 g/mol. The Bertz CT molecular complexity index is 1200. The summed E-state index contributed by atoms with van der Waals surface area (Å²) in [4.78, 5) is 32.7. The second kappa shape index (κ2) is 9.40. The first-order chi connectivity index (χ1) is 17.5. The molecule has 0 aliphatic carbocycles. The monoisotopic (exact) mass is 508 g/mol. The second-order valence-electron chi connectivity index (χ2n) is 10.7. The number of fused-ring (bicyclic) bond motifs is 1. The number of imide groups is 1. The Morgan fingerprint density at radius 2 is 1.78 bits per heavy atom. The second-order valence-corrected chi connectivity index (χ2v) is 10.7. The Kier molecular flexibility index (Phi) is 6.51. The van der Waals surface area contributed by atoms with Crippen molar-refractivity contribution in [2.75, 3.05) is 31.6 Å². The fourth-order valence-corrected chi connectivity index (χ4v) is 4.93. The maximum atomic E-state index is 13.2. The van der Waals surface area contributed by atoms with Crippen molar-refractivity contribution in [3.63, 3.8) is 0 Å². The van der Waals surface area contributed by atoms with E-state index in [1.165, 1.54) is 0 Å². The number of nitrogens with one attached hydrogen (secondary N) is 1. The Morgan fingerprint density at radius 3 is 2.38 bits per heavy atom. The maximum absolute atomic E-state index is 13.2. The van der Waals surface area contributed by atoms with Crippen molar-refractivity contribution in [3.05, 3.63) is 47.2 Å². The van der Waals surface area contributed by atoms with Crippen LogP contribution in [0, 0.1) is 0 Å². The van der Waals surface area contributed by atoms with Gasteiger partial charge in [0.25, 0.3) is 5.91 Å². The molecule has 2 N–H and O–H groups in total. The predicted molar refractivity (Wildman–Crippen MR) is 138 cm³/mol. The average Bonchev–Trinajstić information content (AvgIpc) is 3.32. The molecule has 2 amide bonds. The van der Waals surface area contributed by atoms with Crippen LogP contribution in [0.5, 0.6) is 0 Å². The number of rotatable bonds is 5. The highest BCUT2D eigenvalue weighted by Crippen LogP contribution is 2.38. The first-order valence-corrected chi connectivity index (χ1v) is 12.6. The van der Waals surface area contributed by atoms with Gasteiger partial charge in [0.1, 0.15) is 5.82 Å². The Balaban J connectivity index is 1.43. The van der Waals surface area contributed by atoms with Crippen LogP contribution >= 0.6 is 0 Å².